The lowest BCUT2D eigenvalue weighted by Crippen LogP contribution is -2.41. The number of carbonyl (C=O) groups is 2. The summed E-state index contributed by atoms with van der Waals surface area (Å²) in [5.41, 5.74) is -1.38. The first-order chi connectivity index (χ1) is 15.7. The molecular weight excluding hydrogens is 484 g/mol. The highest BCUT2D eigenvalue weighted by Gasteiger charge is 2.49. The van der Waals surface area contributed by atoms with E-state index in [-0.39, 0.29) is 29.9 Å². The molecule has 0 aromatic heterocycles. The van der Waals surface area contributed by atoms with Gasteiger partial charge in [0.25, 0.3) is 0 Å². The van der Waals surface area contributed by atoms with Crippen molar-refractivity contribution in [3.8, 4) is 11.5 Å². The number of nitrogens with two attached hydrogens (primary N) is 1. The molecule has 190 valence electrons. The molecule has 0 amide bonds. The Bertz CT molecular complexity index is 931. The van der Waals surface area contributed by atoms with E-state index in [2.05, 4.69) is 23.8 Å². The van der Waals surface area contributed by atoms with Crippen LogP contribution in [0, 0.1) is 0 Å². The summed E-state index contributed by atoms with van der Waals surface area (Å²) in [6, 6.07) is 1.64. The lowest BCUT2D eigenvalue weighted by atomic mass is 9.97. The van der Waals surface area contributed by atoms with Crippen molar-refractivity contribution in [2.45, 2.75) is 45.0 Å². The van der Waals surface area contributed by atoms with Gasteiger partial charge in [-0.3, -0.25) is 0 Å². The molecule has 1 aromatic carbocycles. The van der Waals surface area contributed by atoms with Crippen LogP contribution in [0.1, 0.15) is 25.0 Å². The van der Waals surface area contributed by atoms with Gasteiger partial charge in [0.15, 0.2) is 0 Å². The molecule has 0 radical (unpaired) electrons. The van der Waals surface area contributed by atoms with E-state index in [0.29, 0.717) is 6.08 Å². The van der Waals surface area contributed by atoms with Gasteiger partial charge in [-0.25, -0.2) is 15.5 Å². The van der Waals surface area contributed by atoms with Gasteiger partial charge in [0.05, 0.1) is 5.57 Å². The molecule has 9 nitrogen and oxygen atoms in total. The van der Waals surface area contributed by atoms with Crippen LogP contribution in [-0.2, 0) is 30.3 Å². The summed E-state index contributed by atoms with van der Waals surface area (Å²) in [6.07, 6.45) is -14.4. The van der Waals surface area contributed by atoms with Gasteiger partial charge in [0.1, 0.15) is 24.2 Å². The maximum Gasteiger partial charge on any atom is 0.573 e. The average molecular weight is 503 g/mol. The molecule has 2 rings (SSSR count). The highest BCUT2D eigenvalue weighted by molar-refractivity contribution is 5.96. The molecule has 2 atom stereocenters. The summed E-state index contributed by atoms with van der Waals surface area (Å²) in [7, 11) is 0. The van der Waals surface area contributed by atoms with Crippen molar-refractivity contribution in [1.29, 1.82) is 0 Å². The Hall–Kier alpha value is -3.20. The van der Waals surface area contributed by atoms with Gasteiger partial charge in [-0.2, -0.15) is 13.2 Å². The van der Waals surface area contributed by atoms with Crippen molar-refractivity contribution in [1.82, 2.24) is 0 Å². The summed E-state index contributed by atoms with van der Waals surface area (Å²) in [4.78, 5) is 28.0. The van der Waals surface area contributed by atoms with Gasteiger partial charge < -0.3 is 28.5 Å². The van der Waals surface area contributed by atoms with E-state index < -0.39 is 55.0 Å². The molecule has 0 saturated carbocycles. The number of benzene rings is 1. The Morgan fingerprint density at radius 3 is 2.38 bits per heavy atom. The van der Waals surface area contributed by atoms with Gasteiger partial charge >= 0.3 is 24.7 Å². The third-order valence-corrected chi connectivity index (χ3v) is 4.14. The molecule has 15 heteroatoms. The fraction of sp³-hybridized carbons (Fsp3) is 0.474. The molecule has 0 aliphatic carbocycles. The number of aryl methyl sites for hydroxylation is 1. The molecular formula is C19H19F6NO8. The molecule has 0 saturated heterocycles. The normalized spacial score (nSPS) is 16.5. The van der Waals surface area contributed by atoms with Crippen LogP contribution in [0.3, 0.4) is 0 Å². The predicted octanol–water partition coefficient (Wildman–Crippen LogP) is 3.79. The number of alkyl halides is 6. The third-order valence-electron chi connectivity index (χ3n) is 4.14. The summed E-state index contributed by atoms with van der Waals surface area (Å²) in [5.74, 6) is 2.11. The Kier molecular flexibility index (Phi) is 8.61. The van der Waals surface area contributed by atoms with Crippen molar-refractivity contribution in [2.75, 3.05) is 13.4 Å². The van der Waals surface area contributed by atoms with Crippen LogP contribution in [0.4, 0.5) is 31.1 Å². The number of fused-ring (bicyclic) bond motifs is 1. The Labute approximate surface area is 188 Å². The van der Waals surface area contributed by atoms with E-state index >= 15 is 0 Å². The lowest BCUT2D eigenvalue weighted by molar-refractivity contribution is -0.274. The second-order valence-corrected chi connectivity index (χ2v) is 6.75. The van der Waals surface area contributed by atoms with E-state index in [4.69, 9.17) is 10.6 Å². The fourth-order valence-electron chi connectivity index (χ4n) is 2.81. The van der Waals surface area contributed by atoms with Crippen LogP contribution in [0.5, 0.6) is 11.5 Å². The van der Waals surface area contributed by atoms with E-state index in [1.54, 1.807) is 0 Å². The number of carbonyl (C=O) groups excluding carboxylic acids is 2. The number of esters is 1. The molecule has 1 aromatic rings. The van der Waals surface area contributed by atoms with Crippen LogP contribution >= 0.6 is 0 Å². The minimum atomic E-state index is -5.09. The van der Waals surface area contributed by atoms with Gasteiger partial charge in [-0.05, 0) is 37.1 Å². The Morgan fingerprint density at radius 1 is 1.15 bits per heavy atom. The molecule has 34 heavy (non-hydrogen) atoms. The Morgan fingerprint density at radius 2 is 1.82 bits per heavy atom. The van der Waals surface area contributed by atoms with Crippen molar-refractivity contribution in [3.63, 3.8) is 0 Å². The zero-order valence-corrected chi connectivity index (χ0v) is 17.6. The standard InChI is InChI=1S/C19H19F6NO8/c1-3-10-4-12(34-19(23,24)25)5-11-6-13(15(18(20,21)22)33-14(10)11)16(27)29-8-30-17(28)32-9(2)7-31-26/h4-6,9,15H,3,7-8,26H2,1-2H3. The average Bonchev–Trinajstić information content (AvgIpc) is 2.70. The topological polar surface area (TPSA) is 116 Å². The largest absolute Gasteiger partial charge is 0.573 e. The molecule has 0 spiro atoms. The predicted molar refractivity (Wildman–Crippen MR) is 99.1 cm³/mol. The maximum absolute atomic E-state index is 13.6. The van der Waals surface area contributed by atoms with Crippen LogP contribution in [0.2, 0.25) is 0 Å². The number of hydrogen-bond acceptors (Lipinski definition) is 9. The molecule has 1 heterocycles. The molecule has 2 unspecified atom stereocenters. The van der Waals surface area contributed by atoms with E-state index in [1.165, 1.54) is 13.8 Å². The minimum absolute atomic E-state index is 0.000835. The summed E-state index contributed by atoms with van der Waals surface area (Å²) < 4.78 is 101. The molecule has 2 N–H and O–H groups in total. The SMILES string of the molecule is CCc1cc(OC(F)(F)F)cc2c1OC(C(F)(F)F)C(C(=O)OCOC(=O)OC(C)CON)=C2. The number of halogens is 6. The first-order valence-electron chi connectivity index (χ1n) is 9.45. The maximum atomic E-state index is 13.6. The van der Waals surface area contributed by atoms with E-state index in [0.717, 1.165) is 12.1 Å². The van der Waals surface area contributed by atoms with Crippen LogP contribution in [0.25, 0.3) is 6.08 Å². The molecule has 1 aliphatic rings. The first kappa shape index (κ1) is 27.0. The second-order valence-electron chi connectivity index (χ2n) is 6.75. The van der Waals surface area contributed by atoms with Crippen molar-refractivity contribution in [2.24, 2.45) is 5.90 Å². The summed E-state index contributed by atoms with van der Waals surface area (Å²) in [6.45, 7) is 1.55. The number of rotatable bonds is 8. The van der Waals surface area contributed by atoms with E-state index in [9.17, 15) is 35.9 Å². The Balaban J connectivity index is 2.26. The van der Waals surface area contributed by atoms with Gasteiger partial charge in [0.2, 0.25) is 12.9 Å². The van der Waals surface area contributed by atoms with Crippen LogP contribution < -0.4 is 15.4 Å². The first-order valence-corrected chi connectivity index (χ1v) is 9.45. The molecule has 0 fully saturated rings. The van der Waals surface area contributed by atoms with Gasteiger partial charge in [-0.1, -0.05) is 6.92 Å². The smallest absolute Gasteiger partial charge is 0.475 e. The molecule has 0 bridgehead atoms. The quantitative estimate of drug-likeness (QED) is 0.245. The highest BCUT2D eigenvalue weighted by atomic mass is 19.4. The minimum Gasteiger partial charge on any atom is -0.475 e. The number of ether oxygens (including phenoxy) is 5. The third kappa shape index (κ3) is 7.41. The highest BCUT2D eigenvalue weighted by Crippen LogP contribution is 2.42. The zero-order chi connectivity index (χ0) is 25.7. The van der Waals surface area contributed by atoms with E-state index in [1.807, 2.05) is 0 Å². The van der Waals surface area contributed by atoms with Crippen LogP contribution in [0.15, 0.2) is 17.7 Å². The molecule has 1 aliphatic heterocycles. The van der Waals surface area contributed by atoms with Gasteiger partial charge in [0, 0.05) is 5.56 Å². The fourth-order valence-corrected chi connectivity index (χ4v) is 2.81. The number of hydrogen-bond donors (Lipinski definition) is 1. The van der Waals surface area contributed by atoms with Gasteiger partial charge in [-0.15, -0.1) is 13.2 Å². The zero-order valence-electron chi connectivity index (χ0n) is 17.6. The monoisotopic (exact) mass is 503 g/mol. The van der Waals surface area contributed by atoms with Crippen molar-refractivity contribution < 1.29 is 64.5 Å². The van der Waals surface area contributed by atoms with Crippen LogP contribution in [-0.4, -0.2) is 50.3 Å². The summed E-state index contributed by atoms with van der Waals surface area (Å²) >= 11 is 0. The summed E-state index contributed by atoms with van der Waals surface area (Å²) in [5, 5.41) is 0. The van der Waals surface area contributed by atoms with Crippen molar-refractivity contribution in [3.05, 3.63) is 28.8 Å². The van der Waals surface area contributed by atoms with Crippen molar-refractivity contribution >= 4 is 18.2 Å². The second kappa shape index (κ2) is 10.8. The lowest BCUT2D eigenvalue weighted by Gasteiger charge is -2.29.